The van der Waals surface area contributed by atoms with Gasteiger partial charge in [0.15, 0.2) is 0 Å². The molecule has 2 aromatic carbocycles. The standard InChI is InChI=1S/C25H32O3/c1-3-5-6-19-7-9-20(10-8-19)21-11-13-22(14-12-21)25(26)28-24-17-15-23(16-18-24)27-4-2/h11-20H,3-10H2,1-2H3. The van der Waals surface area contributed by atoms with E-state index in [1.165, 1.54) is 50.5 Å². The topological polar surface area (TPSA) is 35.5 Å². The first-order valence-electron chi connectivity index (χ1n) is 10.7. The molecule has 28 heavy (non-hydrogen) atoms. The van der Waals surface area contributed by atoms with Crippen molar-refractivity contribution in [1.29, 1.82) is 0 Å². The molecule has 1 aliphatic carbocycles. The van der Waals surface area contributed by atoms with Crippen LogP contribution in [0.5, 0.6) is 11.5 Å². The van der Waals surface area contributed by atoms with E-state index in [1.54, 1.807) is 12.1 Å². The van der Waals surface area contributed by atoms with E-state index in [1.807, 2.05) is 31.2 Å². The predicted octanol–water partition coefficient (Wildman–Crippen LogP) is 6.77. The zero-order valence-electron chi connectivity index (χ0n) is 17.2. The summed E-state index contributed by atoms with van der Waals surface area (Å²) in [4.78, 5) is 12.4. The summed E-state index contributed by atoms with van der Waals surface area (Å²) in [5.41, 5.74) is 1.95. The molecular weight excluding hydrogens is 348 g/mol. The number of hydrogen-bond acceptors (Lipinski definition) is 3. The van der Waals surface area contributed by atoms with E-state index >= 15 is 0 Å². The zero-order chi connectivity index (χ0) is 19.8. The molecule has 0 bridgehead atoms. The predicted molar refractivity (Wildman–Crippen MR) is 113 cm³/mol. The lowest BCUT2D eigenvalue weighted by Crippen LogP contribution is -2.14. The molecule has 0 amide bonds. The van der Waals surface area contributed by atoms with Gasteiger partial charge in [0.25, 0.3) is 0 Å². The van der Waals surface area contributed by atoms with E-state index in [-0.39, 0.29) is 5.97 Å². The van der Waals surface area contributed by atoms with Crippen LogP contribution in [0.1, 0.15) is 80.6 Å². The highest BCUT2D eigenvalue weighted by Crippen LogP contribution is 2.37. The Labute approximate surface area is 169 Å². The number of hydrogen-bond donors (Lipinski definition) is 0. The third kappa shape index (κ3) is 5.60. The Morgan fingerprint density at radius 2 is 1.54 bits per heavy atom. The summed E-state index contributed by atoms with van der Waals surface area (Å²) in [6, 6.07) is 15.1. The molecule has 0 radical (unpaired) electrons. The molecule has 3 rings (SSSR count). The molecule has 3 nitrogen and oxygen atoms in total. The number of ether oxygens (including phenoxy) is 2. The van der Waals surface area contributed by atoms with E-state index in [4.69, 9.17) is 9.47 Å². The quantitative estimate of drug-likeness (QED) is 0.374. The highest BCUT2D eigenvalue weighted by molar-refractivity contribution is 5.91. The SMILES string of the molecule is CCCCC1CCC(c2ccc(C(=O)Oc3ccc(OCC)cc3)cc2)CC1. The minimum atomic E-state index is -0.320. The van der Waals surface area contributed by atoms with Crippen LogP contribution in [0, 0.1) is 5.92 Å². The van der Waals surface area contributed by atoms with Gasteiger partial charge >= 0.3 is 5.97 Å². The molecule has 2 aromatic rings. The zero-order valence-corrected chi connectivity index (χ0v) is 17.2. The van der Waals surface area contributed by atoms with Gasteiger partial charge in [-0.3, -0.25) is 0 Å². The number of esters is 1. The van der Waals surface area contributed by atoms with Crippen molar-refractivity contribution in [2.45, 2.75) is 64.7 Å². The third-order valence-electron chi connectivity index (χ3n) is 5.78. The van der Waals surface area contributed by atoms with Crippen LogP contribution in [0.4, 0.5) is 0 Å². The number of unbranched alkanes of at least 4 members (excludes halogenated alkanes) is 1. The van der Waals surface area contributed by atoms with Crippen LogP contribution >= 0.6 is 0 Å². The molecule has 0 aromatic heterocycles. The molecule has 0 heterocycles. The van der Waals surface area contributed by atoms with Crippen molar-refractivity contribution in [1.82, 2.24) is 0 Å². The Morgan fingerprint density at radius 3 is 2.14 bits per heavy atom. The number of carbonyl (C=O) groups excluding carboxylic acids is 1. The van der Waals surface area contributed by atoms with Crippen LogP contribution in [-0.2, 0) is 0 Å². The van der Waals surface area contributed by atoms with Crippen molar-refractivity contribution in [2.24, 2.45) is 5.92 Å². The fourth-order valence-corrected chi connectivity index (χ4v) is 4.11. The minimum Gasteiger partial charge on any atom is -0.494 e. The lowest BCUT2D eigenvalue weighted by molar-refractivity contribution is 0.0734. The monoisotopic (exact) mass is 380 g/mol. The van der Waals surface area contributed by atoms with Gasteiger partial charge < -0.3 is 9.47 Å². The maximum atomic E-state index is 12.4. The van der Waals surface area contributed by atoms with Gasteiger partial charge in [-0.1, -0.05) is 38.3 Å². The summed E-state index contributed by atoms with van der Waals surface area (Å²) < 4.78 is 10.9. The van der Waals surface area contributed by atoms with Crippen molar-refractivity contribution in [3.8, 4) is 11.5 Å². The number of rotatable bonds is 8. The van der Waals surface area contributed by atoms with Crippen molar-refractivity contribution < 1.29 is 14.3 Å². The molecule has 1 fully saturated rings. The maximum Gasteiger partial charge on any atom is 0.343 e. The average Bonchev–Trinajstić information content (AvgIpc) is 2.74. The van der Waals surface area contributed by atoms with Gasteiger partial charge in [0.2, 0.25) is 0 Å². The van der Waals surface area contributed by atoms with Crippen molar-refractivity contribution in [3.63, 3.8) is 0 Å². The summed E-state index contributed by atoms with van der Waals surface area (Å²) in [5, 5.41) is 0. The minimum absolute atomic E-state index is 0.320. The molecule has 0 saturated heterocycles. The first-order valence-corrected chi connectivity index (χ1v) is 10.7. The van der Waals surface area contributed by atoms with E-state index in [2.05, 4.69) is 19.1 Å². The van der Waals surface area contributed by atoms with Crippen LogP contribution in [0.25, 0.3) is 0 Å². The lowest BCUT2D eigenvalue weighted by atomic mass is 9.77. The molecule has 0 aliphatic heterocycles. The summed E-state index contributed by atoms with van der Waals surface area (Å²) in [6.07, 6.45) is 9.27. The summed E-state index contributed by atoms with van der Waals surface area (Å²) in [6.45, 7) is 4.83. The Balaban J connectivity index is 1.53. The third-order valence-corrected chi connectivity index (χ3v) is 5.78. The maximum absolute atomic E-state index is 12.4. The molecule has 0 atom stereocenters. The number of carbonyl (C=O) groups is 1. The Hall–Kier alpha value is -2.29. The van der Waals surface area contributed by atoms with E-state index < -0.39 is 0 Å². The van der Waals surface area contributed by atoms with E-state index in [9.17, 15) is 4.79 Å². The molecule has 0 spiro atoms. The second kappa shape index (κ2) is 10.3. The number of benzene rings is 2. The second-order valence-electron chi connectivity index (χ2n) is 7.78. The molecule has 3 heteroatoms. The molecule has 0 unspecified atom stereocenters. The van der Waals surface area contributed by atoms with Crippen LogP contribution in [0.2, 0.25) is 0 Å². The van der Waals surface area contributed by atoms with Crippen LogP contribution in [0.15, 0.2) is 48.5 Å². The smallest absolute Gasteiger partial charge is 0.343 e. The van der Waals surface area contributed by atoms with Gasteiger partial charge in [-0.15, -0.1) is 0 Å². The summed E-state index contributed by atoms with van der Waals surface area (Å²) >= 11 is 0. The molecule has 1 aliphatic rings. The Morgan fingerprint density at radius 1 is 0.893 bits per heavy atom. The molecule has 0 N–H and O–H groups in total. The first kappa shape index (κ1) is 20.4. The lowest BCUT2D eigenvalue weighted by Gasteiger charge is -2.28. The fraction of sp³-hybridized carbons (Fsp3) is 0.480. The van der Waals surface area contributed by atoms with Gasteiger partial charge in [-0.25, -0.2) is 4.79 Å². The van der Waals surface area contributed by atoms with Gasteiger partial charge in [0.1, 0.15) is 11.5 Å². The van der Waals surface area contributed by atoms with Gasteiger partial charge in [0.05, 0.1) is 12.2 Å². The van der Waals surface area contributed by atoms with E-state index in [0.29, 0.717) is 23.8 Å². The normalized spacial score (nSPS) is 19.2. The van der Waals surface area contributed by atoms with Gasteiger partial charge in [-0.2, -0.15) is 0 Å². The van der Waals surface area contributed by atoms with Gasteiger partial charge in [0, 0.05) is 0 Å². The Bertz CT molecular complexity index is 725. The van der Waals surface area contributed by atoms with Crippen LogP contribution < -0.4 is 9.47 Å². The second-order valence-corrected chi connectivity index (χ2v) is 7.78. The Kier molecular flexibility index (Phi) is 7.53. The first-order chi connectivity index (χ1) is 13.7. The summed E-state index contributed by atoms with van der Waals surface area (Å²) in [7, 11) is 0. The van der Waals surface area contributed by atoms with Crippen LogP contribution in [0.3, 0.4) is 0 Å². The van der Waals surface area contributed by atoms with Crippen molar-refractivity contribution in [2.75, 3.05) is 6.61 Å². The highest BCUT2D eigenvalue weighted by atomic mass is 16.5. The molecule has 1 saturated carbocycles. The van der Waals surface area contributed by atoms with Crippen molar-refractivity contribution in [3.05, 3.63) is 59.7 Å². The van der Waals surface area contributed by atoms with Crippen LogP contribution in [-0.4, -0.2) is 12.6 Å². The highest BCUT2D eigenvalue weighted by Gasteiger charge is 2.22. The largest absolute Gasteiger partial charge is 0.494 e. The average molecular weight is 381 g/mol. The van der Waals surface area contributed by atoms with E-state index in [0.717, 1.165) is 11.7 Å². The molecule has 150 valence electrons. The molecular formula is C25H32O3. The van der Waals surface area contributed by atoms with Crippen molar-refractivity contribution >= 4 is 5.97 Å². The summed E-state index contributed by atoms with van der Waals surface area (Å²) in [5.74, 6) is 2.53. The van der Waals surface area contributed by atoms with Gasteiger partial charge in [-0.05, 0) is 86.4 Å². The fourth-order valence-electron chi connectivity index (χ4n) is 4.11.